The molecule has 0 bridgehead atoms. The summed E-state index contributed by atoms with van der Waals surface area (Å²) in [5.41, 5.74) is 11.3. The molecule has 6 aromatic rings. The van der Waals surface area contributed by atoms with Gasteiger partial charge in [-0.2, -0.15) is 12.1 Å². The first-order valence-corrected chi connectivity index (χ1v) is 15.6. The molecule has 0 saturated heterocycles. The van der Waals surface area contributed by atoms with Gasteiger partial charge in [0.25, 0.3) is 0 Å². The Kier molecular flexibility index (Phi) is 10.2. The third-order valence-corrected chi connectivity index (χ3v) is 8.56. The molecular weight excluding hydrogens is 683 g/mol. The SMILES string of the molecule is CCc1cc2c(-c3ccc(C(C)(C)C)cc3)cccc2[cH-]1.CCc1cc2c(-c3ccc(C(C)(C)C)cc3)cccc2[cH-]1.[Hf]. The minimum absolute atomic E-state index is 0. The van der Waals surface area contributed by atoms with Crippen LogP contribution in [0.3, 0.4) is 0 Å². The topological polar surface area (TPSA) is 0 Å². The van der Waals surface area contributed by atoms with Crippen LogP contribution in [0.5, 0.6) is 0 Å². The van der Waals surface area contributed by atoms with Gasteiger partial charge < -0.3 is 0 Å². The Bertz CT molecular complexity index is 1640. The fraction of sp³-hybridized carbons (Fsp3) is 0.286. The van der Waals surface area contributed by atoms with Gasteiger partial charge >= 0.3 is 0 Å². The summed E-state index contributed by atoms with van der Waals surface area (Å²) < 4.78 is 0. The zero-order valence-corrected chi connectivity index (χ0v) is 30.9. The van der Waals surface area contributed by atoms with Crippen molar-refractivity contribution < 1.29 is 25.8 Å². The van der Waals surface area contributed by atoms with Crippen LogP contribution >= 0.6 is 0 Å². The molecule has 43 heavy (non-hydrogen) atoms. The summed E-state index contributed by atoms with van der Waals surface area (Å²) in [4.78, 5) is 0. The van der Waals surface area contributed by atoms with Crippen LogP contribution < -0.4 is 0 Å². The van der Waals surface area contributed by atoms with Gasteiger partial charge in [-0.1, -0.05) is 127 Å². The summed E-state index contributed by atoms with van der Waals surface area (Å²) in [5, 5.41) is 5.45. The van der Waals surface area contributed by atoms with E-state index in [-0.39, 0.29) is 36.7 Å². The van der Waals surface area contributed by atoms with E-state index >= 15 is 0 Å². The molecule has 0 radical (unpaired) electrons. The molecule has 6 aromatic carbocycles. The Labute approximate surface area is 278 Å². The van der Waals surface area contributed by atoms with Crippen molar-refractivity contribution in [1.29, 1.82) is 0 Å². The quantitative estimate of drug-likeness (QED) is 0.125. The molecule has 0 aliphatic heterocycles. The van der Waals surface area contributed by atoms with Gasteiger partial charge in [-0.3, -0.25) is 0 Å². The van der Waals surface area contributed by atoms with Crippen LogP contribution in [0, 0.1) is 0 Å². The molecule has 6 rings (SSSR count). The van der Waals surface area contributed by atoms with E-state index in [1.54, 1.807) is 0 Å². The standard InChI is InChI=1S/2C21H23.Hf/c2*1-5-15-13-17-7-6-8-19(20(17)14-15)16-9-11-18(12-10-16)21(2,3)4;/h2*6-14H,5H2,1-4H3;/q2*-1;. The third-order valence-electron chi connectivity index (χ3n) is 8.56. The fourth-order valence-electron chi connectivity index (χ4n) is 5.80. The summed E-state index contributed by atoms with van der Waals surface area (Å²) >= 11 is 0. The Morgan fingerprint density at radius 2 is 0.837 bits per heavy atom. The van der Waals surface area contributed by atoms with Gasteiger partial charge in [0, 0.05) is 25.8 Å². The normalized spacial score (nSPS) is 11.7. The first-order chi connectivity index (χ1) is 20.0. The Balaban J connectivity index is 0.000000192. The monoisotopic (exact) mass is 730 g/mol. The number of hydrogen-bond acceptors (Lipinski definition) is 0. The molecule has 0 unspecified atom stereocenters. The van der Waals surface area contributed by atoms with Crippen molar-refractivity contribution in [2.24, 2.45) is 0 Å². The molecule has 0 amide bonds. The van der Waals surface area contributed by atoms with Gasteiger partial charge in [-0.25, -0.2) is 0 Å². The van der Waals surface area contributed by atoms with Crippen LogP contribution in [0.25, 0.3) is 43.8 Å². The van der Waals surface area contributed by atoms with Gasteiger partial charge in [0.15, 0.2) is 0 Å². The van der Waals surface area contributed by atoms with Crippen LogP contribution in [0.15, 0.2) is 109 Å². The van der Waals surface area contributed by atoms with Crippen LogP contribution in [0.4, 0.5) is 0 Å². The summed E-state index contributed by atoms with van der Waals surface area (Å²) in [5.74, 6) is 0. The van der Waals surface area contributed by atoms with Crippen molar-refractivity contribution in [1.82, 2.24) is 0 Å². The van der Waals surface area contributed by atoms with Crippen LogP contribution in [0.2, 0.25) is 0 Å². The second-order valence-corrected chi connectivity index (χ2v) is 13.7. The predicted molar refractivity (Wildman–Crippen MR) is 186 cm³/mol. The molecule has 1 heteroatoms. The summed E-state index contributed by atoms with van der Waals surface area (Å²) in [7, 11) is 0. The zero-order chi connectivity index (χ0) is 30.1. The van der Waals surface area contributed by atoms with E-state index < -0.39 is 0 Å². The summed E-state index contributed by atoms with van der Waals surface area (Å²) in [6.07, 6.45) is 2.19. The van der Waals surface area contributed by atoms with E-state index in [4.69, 9.17) is 0 Å². The van der Waals surface area contributed by atoms with E-state index in [9.17, 15) is 0 Å². The Morgan fingerprint density at radius 3 is 1.14 bits per heavy atom. The molecule has 0 spiro atoms. The van der Waals surface area contributed by atoms with Gasteiger partial charge in [-0.15, -0.1) is 69.1 Å². The largest absolute Gasteiger partial charge is 0.164 e. The van der Waals surface area contributed by atoms with Gasteiger partial charge in [0.05, 0.1) is 0 Å². The maximum atomic E-state index is 2.34. The fourth-order valence-corrected chi connectivity index (χ4v) is 5.80. The number of benzene rings is 4. The summed E-state index contributed by atoms with van der Waals surface area (Å²) in [6.45, 7) is 18.0. The second-order valence-electron chi connectivity index (χ2n) is 13.7. The molecule has 0 fully saturated rings. The van der Waals surface area contributed by atoms with E-state index in [1.165, 1.54) is 66.1 Å². The smallest absolute Gasteiger partial charge is 0 e. The van der Waals surface area contributed by atoms with Crippen LogP contribution in [-0.2, 0) is 49.5 Å². The molecule has 0 aliphatic carbocycles. The van der Waals surface area contributed by atoms with Gasteiger partial charge in [0.1, 0.15) is 0 Å². The molecule has 0 N–H and O–H groups in total. The van der Waals surface area contributed by atoms with Crippen molar-refractivity contribution in [2.45, 2.75) is 79.1 Å². The van der Waals surface area contributed by atoms with E-state index in [1.807, 2.05) is 0 Å². The average Bonchev–Trinajstić information content (AvgIpc) is 3.60. The van der Waals surface area contributed by atoms with Crippen molar-refractivity contribution in [3.63, 3.8) is 0 Å². The summed E-state index contributed by atoms with van der Waals surface area (Å²) in [6, 6.07) is 40.6. The second kappa shape index (κ2) is 13.3. The van der Waals surface area contributed by atoms with Gasteiger partial charge in [0.2, 0.25) is 0 Å². The molecule has 0 nitrogen and oxygen atoms in total. The molecule has 0 atom stereocenters. The number of fused-ring (bicyclic) bond motifs is 2. The van der Waals surface area contributed by atoms with Crippen molar-refractivity contribution >= 4 is 21.5 Å². The predicted octanol–water partition coefficient (Wildman–Crippen LogP) is 12.2. The van der Waals surface area contributed by atoms with Crippen molar-refractivity contribution in [3.05, 3.63) is 131 Å². The maximum Gasteiger partial charge on any atom is 0 e. The first-order valence-electron chi connectivity index (χ1n) is 15.6. The van der Waals surface area contributed by atoms with E-state index in [0.717, 1.165) is 12.8 Å². The molecular formula is C42H46Hf-2. The zero-order valence-electron chi connectivity index (χ0n) is 27.3. The van der Waals surface area contributed by atoms with Crippen molar-refractivity contribution in [3.8, 4) is 22.3 Å². The van der Waals surface area contributed by atoms with E-state index in [2.05, 4.69) is 165 Å². The van der Waals surface area contributed by atoms with Crippen LogP contribution in [0.1, 0.15) is 77.6 Å². The molecule has 0 aliphatic rings. The van der Waals surface area contributed by atoms with Gasteiger partial charge in [-0.05, 0) is 45.9 Å². The number of aryl methyl sites for hydroxylation is 2. The molecule has 0 saturated carbocycles. The minimum Gasteiger partial charge on any atom is -0.164 e. The number of rotatable bonds is 4. The third kappa shape index (κ3) is 7.38. The molecule has 220 valence electrons. The molecule has 0 aromatic heterocycles. The first kappa shape index (κ1) is 32.9. The molecule has 0 heterocycles. The maximum absolute atomic E-state index is 2.34. The van der Waals surface area contributed by atoms with Crippen LogP contribution in [-0.4, -0.2) is 0 Å². The van der Waals surface area contributed by atoms with E-state index in [0.29, 0.717) is 0 Å². The average molecular weight is 729 g/mol. The minimum atomic E-state index is 0. The Hall–Kier alpha value is -3.03. The number of hydrogen-bond donors (Lipinski definition) is 0. The van der Waals surface area contributed by atoms with Crippen molar-refractivity contribution in [2.75, 3.05) is 0 Å². The Morgan fingerprint density at radius 1 is 0.488 bits per heavy atom.